The highest BCUT2D eigenvalue weighted by atomic mass is 32.2. The SMILES string of the molecule is C=CC(=O)OCC(O)COc1c2ccccc2cc2cc(SC)ccc12. The molecule has 0 spiro atoms. The highest BCUT2D eigenvalue weighted by Gasteiger charge is 2.13. The quantitative estimate of drug-likeness (QED) is 0.293. The maximum atomic E-state index is 11.1. The summed E-state index contributed by atoms with van der Waals surface area (Å²) in [5, 5.41) is 14.2. The van der Waals surface area contributed by atoms with Crippen LogP contribution in [0.4, 0.5) is 0 Å². The molecule has 1 unspecified atom stereocenters. The first kappa shape index (κ1) is 18.3. The van der Waals surface area contributed by atoms with Crippen LogP contribution in [0.15, 0.2) is 66.1 Å². The predicted octanol–water partition coefficient (Wildman–Crippen LogP) is 4.18. The van der Waals surface area contributed by atoms with Crippen molar-refractivity contribution in [2.75, 3.05) is 19.5 Å². The molecule has 0 heterocycles. The van der Waals surface area contributed by atoms with E-state index in [0.717, 1.165) is 33.4 Å². The number of hydrogen-bond acceptors (Lipinski definition) is 5. The highest BCUT2D eigenvalue weighted by Crippen LogP contribution is 2.36. The van der Waals surface area contributed by atoms with Crippen molar-refractivity contribution in [1.29, 1.82) is 0 Å². The Morgan fingerprint density at radius 1 is 1.15 bits per heavy atom. The Morgan fingerprint density at radius 3 is 2.69 bits per heavy atom. The fourth-order valence-corrected chi connectivity index (χ4v) is 3.21. The molecule has 3 aromatic carbocycles. The van der Waals surface area contributed by atoms with Crippen LogP contribution in [-0.2, 0) is 9.53 Å². The average Bonchev–Trinajstić information content (AvgIpc) is 2.68. The van der Waals surface area contributed by atoms with E-state index in [1.807, 2.05) is 36.6 Å². The molecule has 0 aromatic heterocycles. The number of carbonyl (C=O) groups is 1. The van der Waals surface area contributed by atoms with Crippen molar-refractivity contribution in [2.24, 2.45) is 0 Å². The van der Waals surface area contributed by atoms with Crippen LogP contribution < -0.4 is 4.74 Å². The predicted molar refractivity (Wildman–Crippen MR) is 106 cm³/mol. The fourth-order valence-electron chi connectivity index (χ4n) is 2.76. The molecule has 26 heavy (non-hydrogen) atoms. The Labute approximate surface area is 156 Å². The molecular formula is C21H20O4S. The third-order valence-corrected chi connectivity index (χ3v) is 4.75. The van der Waals surface area contributed by atoms with Crippen molar-refractivity contribution in [3.8, 4) is 5.75 Å². The summed E-state index contributed by atoms with van der Waals surface area (Å²) in [6, 6.07) is 16.3. The normalized spacial score (nSPS) is 12.1. The van der Waals surface area contributed by atoms with Crippen LogP contribution in [0.3, 0.4) is 0 Å². The van der Waals surface area contributed by atoms with Crippen molar-refractivity contribution in [3.05, 3.63) is 61.2 Å². The molecule has 0 saturated carbocycles. The van der Waals surface area contributed by atoms with Crippen LogP contribution in [0.1, 0.15) is 0 Å². The van der Waals surface area contributed by atoms with Crippen molar-refractivity contribution in [3.63, 3.8) is 0 Å². The van der Waals surface area contributed by atoms with Crippen LogP contribution in [-0.4, -0.2) is 36.6 Å². The Kier molecular flexibility index (Phi) is 5.81. The van der Waals surface area contributed by atoms with E-state index in [1.54, 1.807) is 11.8 Å². The molecule has 0 fully saturated rings. The Hall–Kier alpha value is -2.50. The number of fused-ring (bicyclic) bond motifs is 2. The van der Waals surface area contributed by atoms with Gasteiger partial charge in [0.25, 0.3) is 0 Å². The number of thioether (sulfide) groups is 1. The third-order valence-electron chi connectivity index (χ3n) is 4.02. The van der Waals surface area contributed by atoms with E-state index >= 15 is 0 Å². The Morgan fingerprint density at radius 2 is 1.92 bits per heavy atom. The molecule has 4 nitrogen and oxygen atoms in total. The van der Waals surface area contributed by atoms with E-state index < -0.39 is 12.1 Å². The van der Waals surface area contributed by atoms with Crippen LogP contribution in [0, 0.1) is 0 Å². The smallest absolute Gasteiger partial charge is 0.330 e. The second-order valence-electron chi connectivity index (χ2n) is 5.81. The number of ether oxygens (including phenoxy) is 2. The van der Waals surface area contributed by atoms with E-state index in [1.165, 1.54) is 4.90 Å². The molecule has 3 rings (SSSR count). The molecule has 1 N–H and O–H groups in total. The van der Waals surface area contributed by atoms with Crippen molar-refractivity contribution in [1.82, 2.24) is 0 Å². The standard InChI is InChI=1S/C21H20O4S/c1-3-20(23)24-12-16(22)13-25-21-18-7-5-4-6-14(18)10-15-11-17(26-2)8-9-19(15)21/h3-11,16,22H,1,12-13H2,2H3. The van der Waals surface area contributed by atoms with Gasteiger partial charge in [0, 0.05) is 21.7 Å². The minimum absolute atomic E-state index is 0.0256. The zero-order valence-electron chi connectivity index (χ0n) is 14.5. The van der Waals surface area contributed by atoms with Gasteiger partial charge in [-0.2, -0.15) is 0 Å². The number of esters is 1. The van der Waals surface area contributed by atoms with Crippen LogP contribution in [0.25, 0.3) is 21.5 Å². The van der Waals surface area contributed by atoms with Crippen molar-refractivity contribution in [2.45, 2.75) is 11.0 Å². The molecule has 5 heteroatoms. The number of carbonyl (C=O) groups excluding carboxylic acids is 1. The van der Waals surface area contributed by atoms with E-state index in [9.17, 15) is 9.90 Å². The van der Waals surface area contributed by atoms with Gasteiger partial charge in [-0.3, -0.25) is 0 Å². The zero-order valence-corrected chi connectivity index (χ0v) is 15.3. The lowest BCUT2D eigenvalue weighted by atomic mass is 10.0. The first-order valence-electron chi connectivity index (χ1n) is 8.22. The second kappa shape index (κ2) is 8.25. The topological polar surface area (TPSA) is 55.8 Å². The Balaban J connectivity index is 1.91. The number of rotatable bonds is 7. The molecule has 3 aromatic rings. The van der Waals surface area contributed by atoms with Gasteiger partial charge in [0.15, 0.2) is 0 Å². The number of hydrogen-bond donors (Lipinski definition) is 1. The number of benzene rings is 3. The van der Waals surface area contributed by atoms with Gasteiger partial charge in [-0.05, 0) is 41.3 Å². The minimum Gasteiger partial charge on any atom is -0.489 e. The molecule has 0 amide bonds. The van der Waals surface area contributed by atoms with Gasteiger partial charge in [0.2, 0.25) is 0 Å². The lowest BCUT2D eigenvalue weighted by Gasteiger charge is -2.16. The van der Waals surface area contributed by atoms with E-state index in [2.05, 4.69) is 24.8 Å². The van der Waals surface area contributed by atoms with Gasteiger partial charge < -0.3 is 14.6 Å². The van der Waals surface area contributed by atoms with E-state index in [0.29, 0.717) is 0 Å². The largest absolute Gasteiger partial charge is 0.489 e. The van der Waals surface area contributed by atoms with Gasteiger partial charge in [-0.15, -0.1) is 11.8 Å². The van der Waals surface area contributed by atoms with Gasteiger partial charge in [-0.1, -0.05) is 30.8 Å². The minimum atomic E-state index is -0.918. The third kappa shape index (κ3) is 4.00. The molecule has 0 aliphatic rings. The summed E-state index contributed by atoms with van der Waals surface area (Å²) >= 11 is 1.69. The molecule has 0 bridgehead atoms. The lowest BCUT2D eigenvalue weighted by molar-refractivity contribution is -0.141. The molecule has 0 radical (unpaired) electrons. The summed E-state index contributed by atoms with van der Waals surface area (Å²) in [7, 11) is 0. The monoisotopic (exact) mass is 368 g/mol. The fraction of sp³-hybridized carbons (Fsp3) is 0.190. The van der Waals surface area contributed by atoms with Gasteiger partial charge in [-0.25, -0.2) is 4.79 Å². The second-order valence-corrected chi connectivity index (χ2v) is 6.69. The number of aliphatic hydroxyl groups is 1. The van der Waals surface area contributed by atoms with Crippen molar-refractivity contribution >= 4 is 39.3 Å². The van der Waals surface area contributed by atoms with Crippen LogP contribution >= 0.6 is 11.8 Å². The molecule has 0 aliphatic heterocycles. The lowest BCUT2D eigenvalue weighted by Crippen LogP contribution is -2.24. The first-order chi connectivity index (χ1) is 12.6. The first-order valence-corrected chi connectivity index (χ1v) is 9.44. The van der Waals surface area contributed by atoms with Gasteiger partial charge in [0.1, 0.15) is 25.1 Å². The molecule has 1 atom stereocenters. The summed E-state index contributed by atoms with van der Waals surface area (Å²) in [5.41, 5.74) is 0. The molecular weight excluding hydrogens is 348 g/mol. The molecule has 0 aliphatic carbocycles. The van der Waals surface area contributed by atoms with Crippen LogP contribution in [0.2, 0.25) is 0 Å². The van der Waals surface area contributed by atoms with E-state index in [-0.39, 0.29) is 13.2 Å². The molecule has 0 saturated heterocycles. The average molecular weight is 368 g/mol. The van der Waals surface area contributed by atoms with Crippen LogP contribution in [0.5, 0.6) is 5.75 Å². The summed E-state index contributed by atoms with van der Waals surface area (Å²) in [6.07, 6.45) is 2.19. The zero-order chi connectivity index (χ0) is 18.5. The van der Waals surface area contributed by atoms with E-state index in [4.69, 9.17) is 9.47 Å². The molecule has 134 valence electrons. The van der Waals surface area contributed by atoms with Gasteiger partial charge >= 0.3 is 5.97 Å². The summed E-state index contributed by atoms with van der Waals surface area (Å²) in [5.74, 6) is 0.157. The number of aliphatic hydroxyl groups excluding tert-OH is 1. The summed E-state index contributed by atoms with van der Waals surface area (Å²) < 4.78 is 10.8. The van der Waals surface area contributed by atoms with Gasteiger partial charge in [0.05, 0.1) is 0 Å². The highest BCUT2D eigenvalue weighted by molar-refractivity contribution is 7.98. The Bertz CT molecular complexity index is 951. The maximum absolute atomic E-state index is 11.1. The summed E-state index contributed by atoms with van der Waals surface area (Å²) in [4.78, 5) is 12.3. The summed E-state index contributed by atoms with van der Waals surface area (Å²) in [6.45, 7) is 3.22. The van der Waals surface area contributed by atoms with Crippen molar-refractivity contribution < 1.29 is 19.4 Å². The maximum Gasteiger partial charge on any atom is 0.330 e.